The molecule has 2 aliphatic rings. The SMILES string of the molecule is CCCCC(CC)C(=O)N1CCC2(CC1)SCCN2C(=O)c1ccc(OC)cc1. The molecule has 5 nitrogen and oxygen atoms in total. The number of hydrogen-bond acceptors (Lipinski definition) is 4. The van der Waals surface area contributed by atoms with E-state index in [0.717, 1.165) is 69.7 Å². The predicted octanol–water partition coefficient (Wildman–Crippen LogP) is 4.42. The lowest BCUT2D eigenvalue weighted by atomic mass is 9.95. The molecule has 0 N–H and O–H groups in total. The highest BCUT2D eigenvalue weighted by Gasteiger charge is 2.47. The maximum Gasteiger partial charge on any atom is 0.255 e. The molecular weight excluding hydrogens is 384 g/mol. The number of methoxy groups -OCH3 is 1. The van der Waals surface area contributed by atoms with E-state index in [1.807, 2.05) is 40.9 Å². The first-order chi connectivity index (χ1) is 14.0. The third-order valence-corrected chi connectivity index (χ3v) is 7.92. The molecule has 3 rings (SSSR count). The van der Waals surface area contributed by atoms with Gasteiger partial charge in [0.15, 0.2) is 0 Å². The minimum absolute atomic E-state index is 0.0896. The molecule has 1 spiro atoms. The second-order valence-electron chi connectivity index (χ2n) is 8.05. The monoisotopic (exact) mass is 418 g/mol. The van der Waals surface area contributed by atoms with E-state index < -0.39 is 0 Å². The van der Waals surface area contributed by atoms with E-state index in [1.54, 1.807) is 7.11 Å². The molecule has 1 aromatic carbocycles. The number of rotatable bonds is 7. The average Bonchev–Trinajstić information content (AvgIpc) is 3.17. The summed E-state index contributed by atoms with van der Waals surface area (Å²) in [6, 6.07) is 7.36. The van der Waals surface area contributed by atoms with Crippen LogP contribution in [0.4, 0.5) is 0 Å². The molecule has 1 aromatic rings. The Bertz CT molecular complexity index is 699. The van der Waals surface area contributed by atoms with Crippen molar-refractivity contribution in [2.45, 2.75) is 57.2 Å². The molecule has 2 heterocycles. The van der Waals surface area contributed by atoms with Crippen LogP contribution in [0.5, 0.6) is 5.75 Å². The van der Waals surface area contributed by atoms with Crippen molar-refractivity contribution >= 4 is 23.6 Å². The van der Waals surface area contributed by atoms with Crippen LogP contribution >= 0.6 is 11.8 Å². The molecule has 2 saturated heterocycles. The molecular formula is C23H34N2O3S. The summed E-state index contributed by atoms with van der Waals surface area (Å²) in [6.07, 6.45) is 5.86. The minimum atomic E-state index is -0.168. The summed E-state index contributed by atoms with van der Waals surface area (Å²) in [4.78, 5) is 30.1. The Labute approximate surface area is 179 Å². The highest BCUT2D eigenvalue weighted by Crippen LogP contribution is 2.44. The first-order valence-corrected chi connectivity index (χ1v) is 11.9. The first kappa shape index (κ1) is 22.0. The number of piperidine rings is 1. The van der Waals surface area contributed by atoms with E-state index in [4.69, 9.17) is 4.74 Å². The smallest absolute Gasteiger partial charge is 0.255 e. The van der Waals surface area contributed by atoms with Gasteiger partial charge >= 0.3 is 0 Å². The number of carbonyl (C=O) groups is 2. The number of hydrogen-bond donors (Lipinski definition) is 0. The average molecular weight is 419 g/mol. The van der Waals surface area contributed by atoms with Crippen LogP contribution in [0.2, 0.25) is 0 Å². The number of ether oxygens (including phenoxy) is 1. The summed E-state index contributed by atoms with van der Waals surface area (Å²) >= 11 is 1.89. The second kappa shape index (κ2) is 9.88. The second-order valence-corrected chi connectivity index (χ2v) is 9.51. The number of nitrogens with zero attached hydrogens (tertiary/aromatic N) is 2. The van der Waals surface area contributed by atoms with Crippen molar-refractivity contribution in [1.82, 2.24) is 9.80 Å². The van der Waals surface area contributed by atoms with Crippen molar-refractivity contribution in [2.24, 2.45) is 5.92 Å². The Morgan fingerprint density at radius 2 is 1.83 bits per heavy atom. The van der Waals surface area contributed by atoms with Gasteiger partial charge in [0.25, 0.3) is 5.91 Å². The van der Waals surface area contributed by atoms with E-state index in [-0.39, 0.29) is 16.7 Å². The summed E-state index contributed by atoms with van der Waals surface area (Å²) < 4.78 is 5.20. The highest BCUT2D eigenvalue weighted by atomic mass is 32.2. The summed E-state index contributed by atoms with van der Waals surface area (Å²) in [6.45, 7) is 6.57. The molecule has 29 heavy (non-hydrogen) atoms. The summed E-state index contributed by atoms with van der Waals surface area (Å²) in [5.74, 6) is 2.27. The van der Waals surface area contributed by atoms with Crippen molar-refractivity contribution in [3.63, 3.8) is 0 Å². The van der Waals surface area contributed by atoms with Gasteiger partial charge in [-0.25, -0.2) is 0 Å². The van der Waals surface area contributed by atoms with Gasteiger partial charge in [-0.2, -0.15) is 0 Å². The number of amides is 2. The van der Waals surface area contributed by atoms with Gasteiger partial charge in [-0.05, 0) is 49.9 Å². The summed E-state index contributed by atoms with van der Waals surface area (Å²) in [7, 11) is 1.63. The number of carbonyl (C=O) groups excluding carboxylic acids is 2. The molecule has 1 atom stereocenters. The van der Waals surface area contributed by atoms with Gasteiger partial charge in [0, 0.05) is 36.9 Å². The van der Waals surface area contributed by atoms with Gasteiger partial charge in [0.1, 0.15) is 5.75 Å². The van der Waals surface area contributed by atoms with Crippen molar-refractivity contribution in [3.8, 4) is 5.75 Å². The van der Waals surface area contributed by atoms with E-state index >= 15 is 0 Å². The van der Waals surface area contributed by atoms with E-state index in [0.29, 0.717) is 11.5 Å². The van der Waals surface area contributed by atoms with Gasteiger partial charge in [-0.1, -0.05) is 26.7 Å². The van der Waals surface area contributed by atoms with Gasteiger partial charge in [-0.15, -0.1) is 11.8 Å². The number of likely N-dealkylation sites (tertiary alicyclic amines) is 1. The number of benzene rings is 1. The van der Waals surface area contributed by atoms with Crippen molar-refractivity contribution in [1.29, 1.82) is 0 Å². The zero-order chi connectivity index (χ0) is 20.9. The highest BCUT2D eigenvalue weighted by molar-refractivity contribution is 8.00. The van der Waals surface area contributed by atoms with Gasteiger partial charge in [-0.3, -0.25) is 9.59 Å². The van der Waals surface area contributed by atoms with Crippen LogP contribution in [-0.4, -0.2) is 59.0 Å². The quantitative estimate of drug-likeness (QED) is 0.658. The van der Waals surface area contributed by atoms with E-state index in [1.165, 1.54) is 0 Å². The normalized spacial score (nSPS) is 19.4. The lowest BCUT2D eigenvalue weighted by Crippen LogP contribution is -2.54. The van der Waals surface area contributed by atoms with E-state index in [9.17, 15) is 9.59 Å². The van der Waals surface area contributed by atoms with Gasteiger partial charge in [0.05, 0.1) is 12.0 Å². The fourth-order valence-corrected chi connectivity index (χ4v) is 5.94. The van der Waals surface area contributed by atoms with Gasteiger partial charge < -0.3 is 14.5 Å². The van der Waals surface area contributed by atoms with E-state index in [2.05, 4.69) is 18.7 Å². The summed E-state index contributed by atoms with van der Waals surface area (Å²) in [5.41, 5.74) is 0.705. The van der Waals surface area contributed by atoms with Crippen LogP contribution < -0.4 is 4.74 Å². The zero-order valence-corrected chi connectivity index (χ0v) is 18.8. The molecule has 1 unspecified atom stereocenters. The maximum absolute atomic E-state index is 13.2. The molecule has 0 radical (unpaired) electrons. The molecule has 2 aliphatic heterocycles. The van der Waals surface area contributed by atoms with Crippen molar-refractivity contribution in [3.05, 3.63) is 29.8 Å². The summed E-state index contributed by atoms with van der Waals surface area (Å²) in [5, 5.41) is 0. The Hall–Kier alpha value is -1.69. The van der Waals surface area contributed by atoms with Crippen molar-refractivity contribution in [2.75, 3.05) is 32.5 Å². The maximum atomic E-state index is 13.2. The van der Waals surface area contributed by atoms with Crippen LogP contribution in [0.1, 0.15) is 62.7 Å². The standard InChI is InChI=1S/C23H34N2O3S/c1-4-6-7-18(5-2)21(26)24-14-12-23(13-15-24)25(16-17-29-23)22(27)19-8-10-20(28-3)11-9-19/h8-11,18H,4-7,12-17H2,1-3H3. The molecule has 160 valence electrons. The number of unbranched alkanes of at least 4 members (excludes halogenated alkanes) is 1. The molecule has 2 fully saturated rings. The molecule has 0 aromatic heterocycles. The van der Waals surface area contributed by atoms with Crippen LogP contribution in [0, 0.1) is 5.92 Å². The number of thioether (sulfide) groups is 1. The van der Waals surface area contributed by atoms with Crippen LogP contribution in [-0.2, 0) is 4.79 Å². The third-order valence-electron chi connectivity index (χ3n) is 6.36. The Kier molecular flexibility index (Phi) is 7.49. The lowest BCUT2D eigenvalue weighted by Gasteiger charge is -2.44. The lowest BCUT2D eigenvalue weighted by molar-refractivity contribution is -0.137. The molecule has 0 bridgehead atoms. The van der Waals surface area contributed by atoms with Crippen LogP contribution in [0.15, 0.2) is 24.3 Å². The molecule has 0 aliphatic carbocycles. The minimum Gasteiger partial charge on any atom is -0.497 e. The molecule has 0 saturated carbocycles. The molecule has 2 amide bonds. The topological polar surface area (TPSA) is 49.9 Å². The first-order valence-electron chi connectivity index (χ1n) is 10.9. The Morgan fingerprint density at radius 1 is 1.14 bits per heavy atom. The Morgan fingerprint density at radius 3 is 2.41 bits per heavy atom. The fourth-order valence-electron chi connectivity index (χ4n) is 4.49. The largest absolute Gasteiger partial charge is 0.497 e. The Balaban J connectivity index is 1.65. The van der Waals surface area contributed by atoms with Gasteiger partial charge in [0.2, 0.25) is 5.91 Å². The fraction of sp³-hybridized carbons (Fsp3) is 0.652. The predicted molar refractivity (Wildman–Crippen MR) is 118 cm³/mol. The molecule has 6 heteroatoms. The van der Waals surface area contributed by atoms with Crippen molar-refractivity contribution < 1.29 is 14.3 Å². The van der Waals surface area contributed by atoms with Crippen LogP contribution in [0.3, 0.4) is 0 Å². The van der Waals surface area contributed by atoms with Crippen LogP contribution in [0.25, 0.3) is 0 Å². The third kappa shape index (κ3) is 4.73. The zero-order valence-electron chi connectivity index (χ0n) is 18.0.